The molecule has 112 valence electrons. The van der Waals surface area contributed by atoms with Crippen LogP contribution in [0, 0.1) is 16.0 Å². The van der Waals surface area contributed by atoms with Gasteiger partial charge in [-0.15, -0.1) is 0 Å². The van der Waals surface area contributed by atoms with E-state index in [9.17, 15) is 20.0 Å². The van der Waals surface area contributed by atoms with E-state index in [2.05, 4.69) is 10.2 Å². The molecule has 0 aliphatic carbocycles. The number of anilines is 1. The lowest BCUT2D eigenvalue weighted by Crippen LogP contribution is -2.53. The van der Waals surface area contributed by atoms with Crippen molar-refractivity contribution in [3.63, 3.8) is 0 Å². The molecular weight excluding hydrogens is 274 g/mol. The van der Waals surface area contributed by atoms with E-state index in [1.807, 2.05) is 0 Å². The van der Waals surface area contributed by atoms with Crippen LogP contribution in [0.4, 0.5) is 11.4 Å². The molecule has 1 aromatic rings. The van der Waals surface area contributed by atoms with Crippen molar-refractivity contribution in [2.24, 2.45) is 5.92 Å². The van der Waals surface area contributed by atoms with E-state index < -0.39 is 10.9 Å². The minimum atomic E-state index is -1.08. The van der Waals surface area contributed by atoms with E-state index in [4.69, 9.17) is 0 Å². The average Bonchev–Trinajstić information content (AvgIpc) is 2.48. The number of carboxylic acids is 1. The second-order valence-electron chi connectivity index (χ2n) is 5.68. The molecule has 1 aromatic carbocycles. The van der Waals surface area contributed by atoms with Crippen molar-refractivity contribution in [1.29, 1.82) is 0 Å². The molecule has 0 saturated carbocycles. The number of nitro benzene ring substituents is 1. The summed E-state index contributed by atoms with van der Waals surface area (Å²) in [5.41, 5.74) is 0.330. The van der Waals surface area contributed by atoms with E-state index in [1.54, 1.807) is 0 Å². The Morgan fingerprint density at radius 3 is 2.62 bits per heavy atom. The summed E-state index contributed by atoms with van der Waals surface area (Å²) in [6, 6.07) is 4.00. The van der Waals surface area contributed by atoms with Gasteiger partial charge in [0.25, 0.3) is 5.69 Å². The van der Waals surface area contributed by atoms with E-state index in [0.717, 1.165) is 32.5 Å². The SMILES string of the molecule is O=C(O)c1ccc([N+](=O)[O-])cc1NC1CN2CCC1CC2. The molecule has 7 heteroatoms. The van der Waals surface area contributed by atoms with Crippen molar-refractivity contribution in [2.45, 2.75) is 18.9 Å². The molecule has 3 saturated heterocycles. The molecule has 7 nitrogen and oxygen atoms in total. The number of carbonyl (C=O) groups is 1. The molecule has 3 fully saturated rings. The number of hydrogen-bond acceptors (Lipinski definition) is 5. The van der Waals surface area contributed by atoms with Crippen LogP contribution in [0.2, 0.25) is 0 Å². The van der Waals surface area contributed by atoms with Gasteiger partial charge in [-0.05, 0) is 37.9 Å². The predicted octanol–water partition coefficient (Wildman–Crippen LogP) is 1.80. The largest absolute Gasteiger partial charge is 0.478 e. The molecule has 21 heavy (non-hydrogen) atoms. The van der Waals surface area contributed by atoms with Crippen molar-refractivity contribution < 1.29 is 14.8 Å². The van der Waals surface area contributed by atoms with Gasteiger partial charge in [-0.3, -0.25) is 10.1 Å². The first-order valence-corrected chi connectivity index (χ1v) is 7.05. The highest BCUT2D eigenvalue weighted by Crippen LogP contribution is 2.31. The van der Waals surface area contributed by atoms with Crippen LogP contribution in [0.15, 0.2) is 18.2 Å². The second kappa shape index (κ2) is 5.33. The summed E-state index contributed by atoms with van der Waals surface area (Å²) in [6.45, 7) is 3.04. The number of aromatic carboxylic acids is 1. The minimum Gasteiger partial charge on any atom is -0.478 e. The lowest BCUT2D eigenvalue weighted by molar-refractivity contribution is -0.384. The zero-order valence-electron chi connectivity index (χ0n) is 11.5. The Labute approximate surface area is 121 Å². The summed E-state index contributed by atoms with van der Waals surface area (Å²) in [4.78, 5) is 24.0. The molecule has 0 radical (unpaired) electrons. The van der Waals surface area contributed by atoms with Crippen LogP contribution in [0.1, 0.15) is 23.2 Å². The molecule has 3 heterocycles. The Morgan fingerprint density at radius 1 is 1.38 bits per heavy atom. The van der Waals surface area contributed by atoms with Gasteiger partial charge in [0, 0.05) is 24.7 Å². The maximum Gasteiger partial charge on any atom is 0.337 e. The highest BCUT2D eigenvalue weighted by molar-refractivity contribution is 5.94. The Hall–Kier alpha value is -2.15. The summed E-state index contributed by atoms with van der Waals surface area (Å²) in [5.74, 6) is -0.565. The van der Waals surface area contributed by atoms with Gasteiger partial charge in [0.05, 0.1) is 16.2 Å². The monoisotopic (exact) mass is 291 g/mol. The van der Waals surface area contributed by atoms with Crippen molar-refractivity contribution in [3.8, 4) is 0 Å². The molecule has 2 bridgehead atoms. The smallest absolute Gasteiger partial charge is 0.337 e. The van der Waals surface area contributed by atoms with Crippen molar-refractivity contribution >= 4 is 17.3 Å². The fraction of sp³-hybridized carbons (Fsp3) is 0.500. The quantitative estimate of drug-likeness (QED) is 0.648. The number of nitrogens with zero attached hydrogens (tertiary/aromatic N) is 2. The Kier molecular flexibility index (Phi) is 3.50. The van der Waals surface area contributed by atoms with Crippen LogP contribution >= 0.6 is 0 Å². The maximum absolute atomic E-state index is 11.3. The summed E-state index contributed by atoms with van der Waals surface area (Å²) in [5, 5.41) is 23.3. The molecule has 4 rings (SSSR count). The first-order valence-electron chi connectivity index (χ1n) is 7.05. The number of nitro groups is 1. The van der Waals surface area contributed by atoms with Gasteiger partial charge in [0.2, 0.25) is 0 Å². The summed E-state index contributed by atoms with van der Waals surface area (Å²) < 4.78 is 0. The normalized spacial score (nSPS) is 27.3. The van der Waals surface area contributed by atoms with E-state index in [-0.39, 0.29) is 17.3 Å². The zero-order valence-corrected chi connectivity index (χ0v) is 11.5. The lowest BCUT2D eigenvalue weighted by Gasteiger charge is -2.45. The third-order valence-corrected chi connectivity index (χ3v) is 4.44. The van der Waals surface area contributed by atoms with Gasteiger partial charge in [-0.25, -0.2) is 4.79 Å². The molecule has 0 spiro atoms. The number of piperidine rings is 3. The van der Waals surface area contributed by atoms with E-state index in [0.29, 0.717) is 11.6 Å². The third kappa shape index (κ3) is 2.69. The maximum atomic E-state index is 11.3. The number of benzene rings is 1. The first-order chi connectivity index (χ1) is 10.0. The number of non-ortho nitro benzene ring substituents is 1. The van der Waals surface area contributed by atoms with E-state index in [1.165, 1.54) is 18.2 Å². The molecule has 0 amide bonds. The third-order valence-electron chi connectivity index (χ3n) is 4.44. The van der Waals surface area contributed by atoms with Crippen LogP contribution in [0.5, 0.6) is 0 Å². The summed E-state index contributed by atoms with van der Waals surface area (Å²) in [7, 11) is 0. The van der Waals surface area contributed by atoms with Crippen LogP contribution in [0.25, 0.3) is 0 Å². The number of hydrogen-bond donors (Lipinski definition) is 2. The molecule has 3 aliphatic rings. The van der Waals surface area contributed by atoms with Crippen LogP contribution in [-0.4, -0.2) is 46.6 Å². The molecule has 2 N–H and O–H groups in total. The summed E-state index contributed by atoms with van der Waals surface area (Å²) >= 11 is 0. The highest BCUT2D eigenvalue weighted by Gasteiger charge is 2.34. The first kappa shape index (κ1) is 13.8. The number of nitrogens with one attached hydrogen (secondary N) is 1. The van der Waals surface area contributed by atoms with Crippen molar-refractivity contribution in [3.05, 3.63) is 33.9 Å². The second-order valence-corrected chi connectivity index (χ2v) is 5.68. The van der Waals surface area contributed by atoms with Gasteiger partial charge in [-0.2, -0.15) is 0 Å². The number of fused-ring (bicyclic) bond motifs is 3. The fourth-order valence-electron chi connectivity index (χ4n) is 3.28. The van der Waals surface area contributed by atoms with Gasteiger partial charge in [0.15, 0.2) is 0 Å². The Bertz CT molecular complexity index is 582. The predicted molar refractivity (Wildman–Crippen MR) is 76.6 cm³/mol. The molecule has 0 aromatic heterocycles. The highest BCUT2D eigenvalue weighted by atomic mass is 16.6. The minimum absolute atomic E-state index is 0.0806. The van der Waals surface area contributed by atoms with Gasteiger partial charge < -0.3 is 15.3 Å². The zero-order chi connectivity index (χ0) is 15.0. The number of rotatable bonds is 4. The van der Waals surface area contributed by atoms with Crippen LogP contribution < -0.4 is 5.32 Å². The Morgan fingerprint density at radius 2 is 2.10 bits per heavy atom. The number of carboxylic acid groups (broad SMARTS) is 1. The fourth-order valence-corrected chi connectivity index (χ4v) is 3.28. The summed E-state index contributed by atoms with van der Waals surface area (Å²) in [6.07, 6.45) is 2.18. The van der Waals surface area contributed by atoms with Crippen LogP contribution in [-0.2, 0) is 0 Å². The van der Waals surface area contributed by atoms with E-state index >= 15 is 0 Å². The standard InChI is InChI=1S/C14H17N3O4/c18-14(19)11-2-1-10(17(20)21)7-12(11)15-13-8-16-5-3-9(13)4-6-16/h1-2,7,9,13,15H,3-6,8H2,(H,18,19). The van der Waals surface area contributed by atoms with Crippen LogP contribution in [0.3, 0.4) is 0 Å². The van der Waals surface area contributed by atoms with Gasteiger partial charge in [0.1, 0.15) is 0 Å². The topological polar surface area (TPSA) is 95.7 Å². The molecular formula is C14H17N3O4. The molecule has 1 unspecified atom stereocenters. The average molecular weight is 291 g/mol. The Balaban J connectivity index is 1.87. The van der Waals surface area contributed by atoms with Crippen molar-refractivity contribution in [2.75, 3.05) is 25.0 Å². The molecule has 1 atom stereocenters. The van der Waals surface area contributed by atoms with Gasteiger partial charge in [-0.1, -0.05) is 0 Å². The molecule has 3 aliphatic heterocycles. The van der Waals surface area contributed by atoms with Crippen molar-refractivity contribution in [1.82, 2.24) is 4.90 Å². The van der Waals surface area contributed by atoms with Gasteiger partial charge >= 0.3 is 5.97 Å². The lowest BCUT2D eigenvalue weighted by atomic mass is 9.84.